The SMILES string of the molecule is NNc1ncc(F)c(N2CCc3ccccc3C2)n1. The van der Waals surface area contributed by atoms with Gasteiger partial charge in [-0.1, -0.05) is 24.3 Å². The van der Waals surface area contributed by atoms with Crippen LogP contribution in [0, 0.1) is 5.82 Å². The second kappa shape index (κ2) is 4.81. The molecule has 1 aliphatic heterocycles. The van der Waals surface area contributed by atoms with Gasteiger partial charge in [0.15, 0.2) is 11.6 Å². The molecule has 2 aromatic rings. The van der Waals surface area contributed by atoms with Crippen LogP contribution in [-0.2, 0) is 13.0 Å². The topological polar surface area (TPSA) is 67.1 Å². The van der Waals surface area contributed by atoms with Crippen LogP contribution in [0.25, 0.3) is 0 Å². The molecule has 0 amide bonds. The minimum Gasteiger partial charge on any atom is -0.349 e. The Kier molecular flexibility index (Phi) is 3.00. The summed E-state index contributed by atoms with van der Waals surface area (Å²) in [6.45, 7) is 1.38. The highest BCUT2D eigenvalue weighted by atomic mass is 19.1. The molecule has 0 fully saturated rings. The maximum atomic E-state index is 13.8. The van der Waals surface area contributed by atoms with Crippen LogP contribution >= 0.6 is 0 Å². The molecule has 5 nitrogen and oxygen atoms in total. The Bertz CT molecular complexity index is 601. The lowest BCUT2D eigenvalue weighted by Crippen LogP contribution is -2.32. The normalized spacial score (nSPS) is 14.1. The van der Waals surface area contributed by atoms with Gasteiger partial charge in [0, 0.05) is 13.1 Å². The van der Waals surface area contributed by atoms with Crippen LogP contribution in [0.4, 0.5) is 16.2 Å². The first-order valence-corrected chi connectivity index (χ1v) is 6.09. The number of nitrogen functional groups attached to an aromatic ring is 1. The van der Waals surface area contributed by atoms with Crippen molar-refractivity contribution < 1.29 is 4.39 Å². The van der Waals surface area contributed by atoms with Crippen LogP contribution in [0.15, 0.2) is 30.5 Å². The van der Waals surface area contributed by atoms with Gasteiger partial charge in [0.2, 0.25) is 5.95 Å². The number of halogens is 1. The van der Waals surface area contributed by atoms with Gasteiger partial charge in [-0.3, -0.25) is 5.43 Å². The highest BCUT2D eigenvalue weighted by Gasteiger charge is 2.20. The van der Waals surface area contributed by atoms with E-state index in [1.165, 1.54) is 11.1 Å². The van der Waals surface area contributed by atoms with Gasteiger partial charge in [0.25, 0.3) is 0 Å². The van der Waals surface area contributed by atoms with E-state index in [-0.39, 0.29) is 11.8 Å². The third-order valence-corrected chi connectivity index (χ3v) is 3.28. The molecule has 0 radical (unpaired) electrons. The Balaban J connectivity index is 1.92. The molecule has 98 valence electrons. The number of hydrogen-bond acceptors (Lipinski definition) is 5. The lowest BCUT2D eigenvalue weighted by Gasteiger charge is -2.29. The molecule has 1 aliphatic rings. The molecule has 3 rings (SSSR count). The molecule has 1 aromatic heterocycles. The van der Waals surface area contributed by atoms with Crippen molar-refractivity contribution in [1.82, 2.24) is 9.97 Å². The molecule has 0 unspecified atom stereocenters. The van der Waals surface area contributed by atoms with Crippen LogP contribution in [0.3, 0.4) is 0 Å². The van der Waals surface area contributed by atoms with Crippen LogP contribution in [0.2, 0.25) is 0 Å². The quantitative estimate of drug-likeness (QED) is 0.631. The molecule has 2 heterocycles. The van der Waals surface area contributed by atoms with Gasteiger partial charge in [-0.15, -0.1) is 0 Å². The van der Waals surface area contributed by atoms with Gasteiger partial charge in [-0.2, -0.15) is 4.98 Å². The second-order valence-electron chi connectivity index (χ2n) is 4.45. The number of benzene rings is 1. The maximum absolute atomic E-state index is 13.8. The number of fused-ring (bicyclic) bond motifs is 1. The molecule has 0 atom stereocenters. The average Bonchev–Trinajstić information content (AvgIpc) is 2.47. The highest BCUT2D eigenvalue weighted by molar-refractivity contribution is 5.47. The summed E-state index contributed by atoms with van der Waals surface area (Å²) in [5.74, 6) is 5.33. The number of rotatable bonds is 2. The smallest absolute Gasteiger partial charge is 0.239 e. The lowest BCUT2D eigenvalue weighted by atomic mass is 10.00. The fraction of sp³-hybridized carbons (Fsp3) is 0.231. The second-order valence-corrected chi connectivity index (χ2v) is 4.45. The Morgan fingerprint density at radius 1 is 1.26 bits per heavy atom. The van der Waals surface area contributed by atoms with Crippen molar-refractivity contribution >= 4 is 11.8 Å². The van der Waals surface area contributed by atoms with E-state index in [0.717, 1.165) is 19.2 Å². The van der Waals surface area contributed by atoms with E-state index in [9.17, 15) is 4.39 Å². The van der Waals surface area contributed by atoms with Crippen molar-refractivity contribution in [3.63, 3.8) is 0 Å². The molecule has 0 spiro atoms. The van der Waals surface area contributed by atoms with E-state index >= 15 is 0 Å². The first-order valence-electron chi connectivity index (χ1n) is 6.09. The fourth-order valence-corrected chi connectivity index (χ4v) is 2.33. The average molecular weight is 259 g/mol. The molecule has 0 saturated heterocycles. The van der Waals surface area contributed by atoms with Crippen molar-refractivity contribution in [2.45, 2.75) is 13.0 Å². The Morgan fingerprint density at radius 3 is 2.84 bits per heavy atom. The summed E-state index contributed by atoms with van der Waals surface area (Å²) in [5, 5.41) is 0. The summed E-state index contributed by atoms with van der Waals surface area (Å²) in [5.41, 5.74) is 4.85. The van der Waals surface area contributed by atoms with Gasteiger partial charge in [0.05, 0.1) is 6.20 Å². The molecule has 0 bridgehead atoms. The van der Waals surface area contributed by atoms with E-state index < -0.39 is 5.82 Å². The predicted molar refractivity (Wildman–Crippen MR) is 71.0 cm³/mol. The summed E-state index contributed by atoms with van der Waals surface area (Å²) in [7, 11) is 0. The van der Waals surface area contributed by atoms with Crippen molar-refractivity contribution in [2.75, 3.05) is 16.9 Å². The number of aromatic nitrogens is 2. The molecule has 6 heteroatoms. The minimum absolute atomic E-state index is 0.218. The van der Waals surface area contributed by atoms with Crippen molar-refractivity contribution in [3.05, 3.63) is 47.4 Å². The Hall–Kier alpha value is -2.21. The summed E-state index contributed by atoms with van der Waals surface area (Å²) >= 11 is 0. The molecule has 0 saturated carbocycles. The fourth-order valence-electron chi connectivity index (χ4n) is 2.33. The summed E-state index contributed by atoms with van der Waals surface area (Å²) < 4.78 is 13.8. The van der Waals surface area contributed by atoms with Gasteiger partial charge in [0.1, 0.15) is 0 Å². The van der Waals surface area contributed by atoms with Gasteiger partial charge in [-0.25, -0.2) is 15.2 Å². The van der Waals surface area contributed by atoms with E-state index in [2.05, 4.69) is 27.5 Å². The third-order valence-electron chi connectivity index (χ3n) is 3.28. The molecular formula is C13H14FN5. The summed E-state index contributed by atoms with van der Waals surface area (Å²) in [6.07, 6.45) is 2.02. The Morgan fingerprint density at radius 2 is 2.05 bits per heavy atom. The monoisotopic (exact) mass is 259 g/mol. The highest BCUT2D eigenvalue weighted by Crippen LogP contribution is 2.25. The summed E-state index contributed by atoms with van der Waals surface area (Å²) in [4.78, 5) is 9.74. The molecule has 3 N–H and O–H groups in total. The molecular weight excluding hydrogens is 245 g/mol. The van der Waals surface area contributed by atoms with Crippen LogP contribution in [0.5, 0.6) is 0 Å². The lowest BCUT2D eigenvalue weighted by molar-refractivity contribution is 0.594. The van der Waals surface area contributed by atoms with E-state index in [0.29, 0.717) is 6.54 Å². The number of nitrogens with zero attached hydrogens (tertiary/aromatic N) is 3. The van der Waals surface area contributed by atoms with Crippen molar-refractivity contribution in [2.24, 2.45) is 5.84 Å². The van der Waals surface area contributed by atoms with E-state index in [1.807, 2.05) is 17.0 Å². The predicted octanol–water partition coefficient (Wildman–Crippen LogP) is 1.46. The zero-order valence-corrected chi connectivity index (χ0v) is 10.3. The number of anilines is 2. The van der Waals surface area contributed by atoms with Gasteiger partial charge >= 0.3 is 0 Å². The summed E-state index contributed by atoms with van der Waals surface area (Å²) in [6, 6.07) is 8.18. The van der Waals surface area contributed by atoms with Crippen LogP contribution in [0.1, 0.15) is 11.1 Å². The zero-order valence-electron chi connectivity index (χ0n) is 10.3. The molecule has 0 aliphatic carbocycles. The van der Waals surface area contributed by atoms with Crippen LogP contribution < -0.4 is 16.2 Å². The number of nitrogens with one attached hydrogen (secondary N) is 1. The van der Waals surface area contributed by atoms with Crippen molar-refractivity contribution in [1.29, 1.82) is 0 Å². The number of nitrogens with two attached hydrogens (primary N) is 1. The van der Waals surface area contributed by atoms with E-state index in [1.54, 1.807) is 0 Å². The standard InChI is InChI=1S/C13H14FN5/c14-11-7-16-13(18-15)17-12(11)19-6-5-9-3-1-2-4-10(9)8-19/h1-4,7H,5-6,8,15H2,(H,16,17,18). The first-order chi connectivity index (χ1) is 9.28. The minimum atomic E-state index is -0.432. The maximum Gasteiger partial charge on any atom is 0.239 e. The number of hydrogen-bond donors (Lipinski definition) is 2. The van der Waals surface area contributed by atoms with Crippen molar-refractivity contribution in [3.8, 4) is 0 Å². The number of hydrazine groups is 1. The third kappa shape index (κ3) is 2.22. The van der Waals surface area contributed by atoms with Crippen LogP contribution in [-0.4, -0.2) is 16.5 Å². The molecule has 19 heavy (non-hydrogen) atoms. The van der Waals surface area contributed by atoms with E-state index in [4.69, 9.17) is 5.84 Å². The first kappa shape index (κ1) is 11.9. The van der Waals surface area contributed by atoms with Gasteiger partial charge in [-0.05, 0) is 17.5 Å². The molecule has 1 aromatic carbocycles. The zero-order chi connectivity index (χ0) is 13.2. The van der Waals surface area contributed by atoms with Gasteiger partial charge < -0.3 is 4.90 Å². The largest absolute Gasteiger partial charge is 0.349 e. The Labute approximate surface area is 110 Å².